The normalized spacial score (nSPS) is 21.4. The van der Waals surface area contributed by atoms with Crippen LogP contribution in [0.15, 0.2) is 6.20 Å². The molecule has 2 rings (SSSR count). The molecule has 1 saturated heterocycles. The van der Waals surface area contributed by atoms with Gasteiger partial charge >= 0.3 is 0 Å². The molecule has 1 aliphatic rings. The van der Waals surface area contributed by atoms with Crippen molar-refractivity contribution in [2.45, 2.75) is 45.1 Å². The first kappa shape index (κ1) is 13.3. The SMILES string of the molecule is CN1CC(n2c(C(C)(C)C)c[nH]c2=S)CCC1=O. The minimum Gasteiger partial charge on any atom is -0.344 e. The van der Waals surface area contributed by atoms with E-state index >= 15 is 0 Å². The Morgan fingerprint density at radius 2 is 2.11 bits per heavy atom. The molecule has 1 unspecified atom stereocenters. The Morgan fingerprint density at radius 3 is 2.67 bits per heavy atom. The molecule has 1 N–H and O–H groups in total. The number of carbonyl (C=O) groups is 1. The molecule has 4 nitrogen and oxygen atoms in total. The fraction of sp³-hybridized carbons (Fsp3) is 0.692. The first-order chi connectivity index (χ1) is 8.30. The second-order valence-electron chi connectivity index (χ2n) is 6.07. The number of piperidine rings is 1. The maximum absolute atomic E-state index is 11.6. The van der Waals surface area contributed by atoms with E-state index in [1.165, 1.54) is 5.69 Å². The van der Waals surface area contributed by atoms with E-state index in [0.29, 0.717) is 12.5 Å². The summed E-state index contributed by atoms with van der Waals surface area (Å²) in [7, 11) is 1.86. The molecule has 1 amide bonds. The van der Waals surface area contributed by atoms with Crippen LogP contribution in [0.4, 0.5) is 0 Å². The van der Waals surface area contributed by atoms with Crippen molar-refractivity contribution in [1.82, 2.24) is 14.5 Å². The second-order valence-corrected chi connectivity index (χ2v) is 6.45. The summed E-state index contributed by atoms with van der Waals surface area (Å²) in [6, 6.07) is 0.292. The highest BCUT2D eigenvalue weighted by Crippen LogP contribution is 2.29. The van der Waals surface area contributed by atoms with Crippen LogP contribution in [-0.2, 0) is 10.2 Å². The van der Waals surface area contributed by atoms with Crippen molar-refractivity contribution in [3.8, 4) is 0 Å². The lowest BCUT2D eigenvalue weighted by atomic mass is 9.91. The first-order valence-corrected chi connectivity index (χ1v) is 6.76. The molecule has 0 aliphatic carbocycles. The number of hydrogen-bond acceptors (Lipinski definition) is 2. The van der Waals surface area contributed by atoms with Gasteiger partial charge in [0.15, 0.2) is 4.77 Å². The third-order valence-corrected chi connectivity index (χ3v) is 3.86. The molecular weight excluding hydrogens is 246 g/mol. The van der Waals surface area contributed by atoms with Crippen molar-refractivity contribution >= 4 is 18.1 Å². The summed E-state index contributed by atoms with van der Waals surface area (Å²) < 4.78 is 2.95. The van der Waals surface area contributed by atoms with Gasteiger partial charge in [-0.2, -0.15) is 0 Å². The quantitative estimate of drug-likeness (QED) is 0.795. The van der Waals surface area contributed by atoms with Crippen molar-refractivity contribution in [1.29, 1.82) is 0 Å². The van der Waals surface area contributed by atoms with Gasteiger partial charge in [0.1, 0.15) is 0 Å². The van der Waals surface area contributed by atoms with E-state index in [0.717, 1.165) is 17.7 Å². The van der Waals surface area contributed by atoms with Crippen molar-refractivity contribution in [3.63, 3.8) is 0 Å². The van der Waals surface area contributed by atoms with Crippen LogP contribution >= 0.6 is 12.2 Å². The van der Waals surface area contributed by atoms with Crippen LogP contribution < -0.4 is 0 Å². The number of nitrogens with zero attached hydrogens (tertiary/aromatic N) is 2. The highest BCUT2D eigenvalue weighted by Gasteiger charge is 2.28. The topological polar surface area (TPSA) is 41.0 Å². The molecule has 1 fully saturated rings. The van der Waals surface area contributed by atoms with Gasteiger partial charge in [-0.1, -0.05) is 20.8 Å². The summed E-state index contributed by atoms with van der Waals surface area (Å²) in [6.07, 6.45) is 3.48. The van der Waals surface area contributed by atoms with Gasteiger partial charge < -0.3 is 14.5 Å². The highest BCUT2D eigenvalue weighted by atomic mass is 32.1. The Hall–Kier alpha value is -1.10. The van der Waals surface area contributed by atoms with Crippen molar-refractivity contribution in [3.05, 3.63) is 16.7 Å². The van der Waals surface area contributed by atoms with Crippen LogP contribution in [0, 0.1) is 4.77 Å². The largest absolute Gasteiger partial charge is 0.344 e. The van der Waals surface area contributed by atoms with Gasteiger partial charge in [0.2, 0.25) is 5.91 Å². The molecule has 5 heteroatoms. The lowest BCUT2D eigenvalue weighted by molar-refractivity contribution is -0.132. The summed E-state index contributed by atoms with van der Waals surface area (Å²) in [6.45, 7) is 7.28. The van der Waals surface area contributed by atoms with Gasteiger partial charge in [-0.15, -0.1) is 0 Å². The summed E-state index contributed by atoms with van der Waals surface area (Å²) in [5.41, 5.74) is 1.26. The lowest BCUT2D eigenvalue weighted by Crippen LogP contribution is -2.39. The van der Waals surface area contributed by atoms with Crippen molar-refractivity contribution < 1.29 is 4.79 Å². The Morgan fingerprint density at radius 1 is 1.44 bits per heavy atom. The first-order valence-electron chi connectivity index (χ1n) is 6.35. The average Bonchev–Trinajstić information content (AvgIpc) is 2.64. The van der Waals surface area contributed by atoms with Gasteiger partial charge in [0.05, 0.1) is 6.04 Å². The number of aromatic amines is 1. The van der Waals surface area contributed by atoms with E-state index in [1.807, 2.05) is 13.2 Å². The van der Waals surface area contributed by atoms with E-state index in [4.69, 9.17) is 12.2 Å². The second kappa shape index (κ2) is 4.53. The predicted octanol–water partition coefficient (Wildman–Crippen LogP) is 2.64. The number of aromatic nitrogens is 2. The summed E-state index contributed by atoms with van der Waals surface area (Å²) in [4.78, 5) is 16.5. The average molecular weight is 267 g/mol. The number of H-pyrrole nitrogens is 1. The number of amides is 1. The number of likely N-dealkylation sites (N-methyl/N-ethyl adjacent to an activating group) is 1. The predicted molar refractivity (Wildman–Crippen MR) is 74.2 cm³/mol. The molecule has 100 valence electrons. The van der Waals surface area contributed by atoms with Crippen LogP contribution in [0.5, 0.6) is 0 Å². The van der Waals surface area contributed by atoms with Gasteiger partial charge in [0, 0.05) is 37.3 Å². The van der Waals surface area contributed by atoms with Crippen LogP contribution in [0.1, 0.15) is 45.3 Å². The highest BCUT2D eigenvalue weighted by molar-refractivity contribution is 7.71. The summed E-state index contributed by atoms with van der Waals surface area (Å²) >= 11 is 5.39. The lowest BCUT2D eigenvalue weighted by Gasteiger charge is -2.33. The molecule has 2 heterocycles. The number of imidazole rings is 1. The van der Waals surface area contributed by atoms with Gasteiger partial charge in [-0.05, 0) is 18.6 Å². The molecule has 18 heavy (non-hydrogen) atoms. The molecule has 0 saturated carbocycles. The van der Waals surface area contributed by atoms with Crippen LogP contribution in [0.2, 0.25) is 0 Å². The van der Waals surface area contributed by atoms with Gasteiger partial charge in [0.25, 0.3) is 0 Å². The molecule has 1 aliphatic heterocycles. The third-order valence-electron chi connectivity index (χ3n) is 3.55. The van der Waals surface area contributed by atoms with Gasteiger partial charge in [-0.25, -0.2) is 0 Å². The zero-order chi connectivity index (χ0) is 13.5. The molecule has 0 aromatic carbocycles. The minimum absolute atomic E-state index is 0.0492. The standard InChI is InChI=1S/C13H21N3OS/c1-13(2,3)10-7-14-12(18)16(10)9-5-6-11(17)15(4)8-9/h7,9H,5-6,8H2,1-4H3,(H,14,18). The molecule has 1 aromatic rings. The van der Waals surface area contributed by atoms with E-state index < -0.39 is 0 Å². The zero-order valence-electron chi connectivity index (χ0n) is 11.5. The van der Waals surface area contributed by atoms with E-state index in [9.17, 15) is 4.79 Å². The number of rotatable bonds is 1. The maximum atomic E-state index is 11.6. The van der Waals surface area contributed by atoms with E-state index in [-0.39, 0.29) is 11.3 Å². The van der Waals surface area contributed by atoms with Crippen LogP contribution in [0.25, 0.3) is 0 Å². The molecule has 0 bridgehead atoms. The van der Waals surface area contributed by atoms with Gasteiger partial charge in [-0.3, -0.25) is 4.79 Å². The van der Waals surface area contributed by atoms with Crippen molar-refractivity contribution in [2.75, 3.05) is 13.6 Å². The monoisotopic (exact) mass is 267 g/mol. The fourth-order valence-corrected chi connectivity index (χ4v) is 2.83. The number of likely N-dealkylation sites (tertiary alicyclic amines) is 1. The Kier molecular flexibility index (Phi) is 3.36. The molecule has 1 atom stereocenters. The fourth-order valence-electron chi connectivity index (χ4n) is 2.52. The number of nitrogens with one attached hydrogen (secondary N) is 1. The Balaban J connectivity index is 2.37. The number of carbonyl (C=O) groups excluding carboxylic acids is 1. The van der Waals surface area contributed by atoms with Crippen molar-refractivity contribution in [2.24, 2.45) is 0 Å². The Bertz CT molecular complexity index is 509. The maximum Gasteiger partial charge on any atom is 0.222 e. The Labute approximate surface area is 113 Å². The van der Waals surface area contributed by atoms with Crippen LogP contribution in [0.3, 0.4) is 0 Å². The third kappa shape index (κ3) is 2.36. The van der Waals surface area contributed by atoms with E-state index in [1.54, 1.807) is 4.90 Å². The summed E-state index contributed by atoms with van der Waals surface area (Å²) in [5.74, 6) is 0.227. The minimum atomic E-state index is 0.0492. The molecule has 1 aromatic heterocycles. The number of hydrogen-bond donors (Lipinski definition) is 1. The molecular formula is C13H21N3OS. The zero-order valence-corrected chi connectivity index (χ0v) is 12.3. The van der Waals surface area contributed by atoms with E-state index in [2.05, 4.69) is 30.3 Å². The smallest absolute Gasteiger partial charge is 0.222 e. The van der Waals surface area contributed by atoms with Crippen LogP contribution in [-0.4, -0.2) is 34.0 Å². The summed E-state index contributed by atoms with van der Waals surface area (Å²) in [5, 5.41) is 0. The molecule has 0 spiro atoms. The molecule has 0 radical (unpaired) electrons.